The van der Waals surface area contributed by atoms with E-state index in [-0.39, 0.29) is 0 Å². The lowest BCUT2D eigenvalue weighted by Crippen LogP contribution is -1.92. The first-order valence-electron chi connectivity index (χ1n) is 9.72. The van der Waals surface area contributed by atoms with E-state index < -0.39 is 0 Å². The minimum Gasteiger partial charge on any atom is -0.438 e. The summed E-state index contributed by atoms with van der Waals surface area (Å²) >= 11 is 6.60. The van der Waals surface area contributed by atoms with E-state index in [0.717, 1.165) is 32.7 Å². The summed E-state index contributed by atoms with van der Waals surface area (Å²) in [6.45, 7) is 0. The van der Waals surface area contributed by atoms with Crippen LogP contribution < -0.4 is 0 Å². The van der Waals surface area contributed by atoms with Gasteiger partial charge >= 0.3 is 0 Å². The van der Waals surface area contributed by atoms with Crippen LogP contribution in [0.1, 0.15) is 0 Å². The number of fused-ring (bicyclic) bond motifs is 4. The summed E-state index contributed by atoms with van der Waals surface area (Å²) in [5.41, 5.74) is 4.53. The van der Waals surface area contributed by atoms with Gasteiger partial charge in [-0.05, 0) is 34.0 Å². The van der Waals surface area contributed by atoms with Gasteiger partial charge in [0.1, 0.15) is 10.7 Å². The summed E-state index contributed by atoms with van der Waals surface area (Å²) in [5.74, 6) is 0.558. The van der Waals surface area contributed by atoms with E-state index in [1.165, 1.54) is 11.1 Å². The minimum atomic E-state index is 0.399. The first-order valence-corrected chi connectivity index (χ1v) is 10.1. The number of benzene rings is 4. The Morgan fingerprint density at radius 1 is 0.600 bits per heavy atom. The summed E-state index contributed by atoms with van der Waals surface area (Å²) in [5, 5.41) is 4.29. The zero-order chi connectivity index (χ0) is 20.1. The van der Waals surface area contributed by atoms with Gasteiger partial charge in [0.15, 0.2) is 5.82 Å². The molecule has 2 aromatic heterocycles. The molecule has 142 valence electrons. The molecule has 0 fully saturated rings. The highest BCUT2D eigenvalue weighted by Crippen LogP contribution is 2.37. The summed E-state index contributed by atoms with van der Waals surface area (Å²) < 4.78 is 5.96. The number of para-hydroxylation sites is 1. The van der Waals surface area contributed by atoms with Crippen molar-refractivity contribution in [2.75, 3.05) is 0 Å². The molecule has 0 saturated heterocycles. The van der Waals surface area contributed by atoms with Crippen LogP contribution in [0, 0.1) is 0 Å². The summed E-state index contributed by atoms with van der Waals surface area (Å²) in [6, 6.07) is 30.6. The smallest absolute Gasteiger partial charge is 0.232 e. The van der Waals surface area contributed by atoms with Crippen molar-refractivity contribution in [2.24, 2.45) is 0 Å². The maximum absolute atomic E-state index is 6.60. The second-order valence-corrected chi connectivity index (χ2v) is 7.55. The fourth-order valence-corrected chi connectivity index (χ4v) is 4.33. The molecule has 0 aliphatic rings. The third kappa shape index (κ3) is 2.60. The predicted octanol–water partition coefficient (Wildman–Crippen LogP) is 7.52. The van der Waals surface area contributed by atoms with Gasteiger partial charge in [-0.25, -0.2) is 4.98 Å². The van der Waals surface area contributed by atoms with Gasteiger partial charge in [0.25, 0.3) is 0 Å². The van der Waals surface area contributed by atoms with Crippen LogP contribution in [0.2, 0.25) is 5.15 Å². The first kappa shape index (κ1) is 17.2. The normalized spacial score (nSPS) is 11.5. The molecule has 30 heavy (non-hydrogen) atoms. The SMILES string of the molecule is Clc1nc(-c2ccc(-c3ccccc3)c3ccccc23)nc2oc3ccccc3c12. The van der Waals surface area contributed by atoms with Crippen LogP contribution in [0.15, 0.2) is 95.4 Å². The molecule has 0 bridgehead atoms. The number of nitrogens with zero attached hydrogens (tertiary/aromatic N) is 2. The molecule has 0 atom stereocenters. The van der Waals surface area contributed by atoms with E-state index >= 15 is 0 Å². The van der Waals surface area contributed by atoms with E-state index in [4.69, 9.17) is 21.0 Å². The van der Waals surface area contributed by atoms with Gasteiger partial charge in [-0.3, -0.25) is 0 Å². The fourth-order valence-electron chi connectivity index (χ4n) is 4.06. The molecule has 4 heteroatoms. The lowest BCUT2D eigenvalue weighted by atomic mass is 9.95. The van der Waals surface area contributed by atoms with Gasteiger partial charge in [-0.15, -0.1) is 0 Å². The average Bonchev–Trinajstić information content (AvgIpc) is 3.18. The molecule has 3 nitrogen and oxygen atoms in total. The third-order valence-corrected chi connectivity index (χ3v) is 5.72. The molecule has 6 aromatic rings. The molecule has 0 spiro atoms. The molecule has 0 radical (unpaired) electrons. The van der Waals surface area contributed by atoms with Crippen LogP contribution in [0.25, 0.3) is 55.4 Å². The van der Waals surface area contributed by atoms with Crippen LogP contribution >= 0.6 is 11.6 Å². The Bertz CT molecular complexity index is 1550. The minimum absolute atomic E-state index is 0.399. The maximum Gasteiger partial charge on any atom is 0.232 e. The lowest BCUT2D eigenvalue weighted by Gasteiger charge is -2.11. The van der Waals surface area contributed by atoms with Gasteiger partial charge in [0.05, 0.1) is 5.39 Å². The van der Waals surface area contributed by atoms with Gasteiger partial charge < -0.3 is 4.42 Å². The second kappa shape index (κ2) is 6.68. The van der Waals surface area contributed by atoms with Crippen molar-refractivity contribution in [3.05, 3.63) is 96.1 Å². The number of hydrogen-bond acceptors (Lipinski definition) is 3. The highest BCUT2D eigenvalue weighted by atomic mass is 35.5. The second-order valence-electron chi connectivity index (χ2n) is 7.19. The molecular formula is C26H15ClN2O. The van der Waals surface area contributed by atoms with Crippen LogP contribution in [0.4, 0.5) is 0 Å². The molecule has 6 rings (SSSR count). The van der Waals surface area contributed by atoms with E-state index in [0.29, 0.717) is 16.7 Å². The van der Waals surface area contributed by atoms with E-state index in [1.807, 2.05) is 36.4 Å². The molecule has 0 aliphatic carbocycles. The molecule has 0 aliphatic heterocycles. The number of halogens is 1. The van der Waals surface area contributed by atoms with Crippen LogP contribution in [0.3, 0.4) is 0 Å². The molecule has 2 heterocycles. The van der Waals surface area contributed by atoms with Crippen molar-refractivity contribution in [3.63, 3.8) is 0 Å². The number of rotatable bonds is 2. The quantitative estimate of drug-likeness (QED) is 0.279. The molecule has 0 saturated carbocycles. The summed E-state index contributed by atoms with van der Waals surface area (Å²) in [4.78, 5) is 9.37. The Labute approximate surface area is 177 Å². The first-order chi connectivity index (χ1) is 14.8. The van der Waals surface area contributed by atoms with Crippen molar-refractivity contribution in [3.8, 4) is 22.5 Å². The van der Waals surface area contributed by atoms with Crippen molar-refractivity contribution in [1.82, 2.24) is 9.97 Å². The van der Waals surface area contributed by atoms with E-state index in [9.17, 15) is 0 Å². The van der Waals surface area contributed by atoms with Gasteiger partial charge in [-0.2, -0.15) is 4.98 Å². The van der Waals surface area contributed by atoms with Crippen LogP contribution in [0.5, 0.6) is 0 Å². The molecule has 4 aromatic carbocycles. The molecule has 0 N–H and O–H groups in total. The van der Waals surface area contributed by atoms with Gasteiger partial charge in [-0.1, -0.05) is 90.5 Å². The van der Waals surface area contributed by atoms with Crippen molar-refractivity contribution in [2.45, 2.75) is 0 Å². The van der Waals surface area contributed by atoms with Crippen LogP contribution in [-0.4, -0.2) is 9.97 Å². The monoisotopic (exact) mass is 406 g/mol. The largest absolute Gasteiger partial charge is 0.438 e. The Morgan fingerprint density at radius 2 is 1.23 bits per heavy atom. The lowest BCUT2D eigenvalue weighted by molar-refractivity contribution is 0.653. The van der Waals surface area contributed by atoms with Crippen LogP contribution in [-0.2, 0) is 0 Å². The molecule has 0 unspecified atom stereocenters. The average molecular weight is 407 g/mol. The van der Waals surface area contributed by atoms with E-state index in [2.05, 4.69) is 59.6 Å². The van der Waals surface area contributed by atoms with Gasteiger partial charge in [0.2, 0.25) is 5.71 Å². The topological polar surface area (TPSA) is 38.9 Å². The zero-order valence-corrected chi connectivity index (χ0v) is 16.6. The Hall–Kier alpha value is -3.69. The fraction of sp³-hybridized carbons (Fsp3) is 0. The van der Waals surface area contributed by atoms with Crippen molar-refractivity contribution < 1.29 is 4.42 Å². The summed E-state index contributed by atoms with van der Waals surface area (Å²) in [6.07, 6.45) is 0. The Morgan fingerprint density at radius 3 is 2.03 bits per heavy atom. The number of furan rings is 1. The third-order valence-electron chi connectivity index (χ3n) is 5.44. The molecular weight excluding hydrogens is 392 g/mol. The number of aromatic nitrogens is 2. The summed E-state index contributed by atoms with van der Waals surface area (Å²) in [7, 11) is 0. The van der Waals surface area contributed by atoms with Crippen molar-refractivity contribution in [1.29, 1.82) is 0 Å². The maximum atomic E-state index is 6.60. The Balaban J connectivity index is 1.62. The van der Waals surface area contributed by atoms with E-state index in [1.54, 1.807) is 0 Å². The molecule has 0 amide bonds. The van der Waals surface area contributed by atoms with Gasteiger partial charge in [0, 0.05) is 10.9 Å². The highest BCUT2D eigenvalue weighted by Gasteiger charge is 2.17. The van der Waals surface area contributed by atoms with Crippen molar-refractivity contribution >= 4 is 44.4 Å². The zero-order valence-electron chi connectivity index (χ0n) is 15.8. The number of hydrogen-bond donors (Lipinski definition) is 0. The Kier molecular flexibility index (Phi) is 3.83. The standard InChI is InChI=1S/C26H15ClN2O/c27-24-23-21-12-6-7-13-22(21)30-26(23)29-25(28-24)20-15-14-17(16-8-2-1-3-9-16)18-10-4-5-11-19(18)20/h1-15H. The highest BCUT2D eigenvalue weighted by molar-refractivity contribution is 6.36. The predicted molar refractivity (Wildman–Crippen MR) is 123 cm³/mol.